The third kappa shape index (κ3) is 1.25. The molecule has 1 aliphatic rings. The fourth-order valence-corrected chi connectivity index (χ4v) is 1.93. The Morgan fingerprint density at radius 3 is 1.82 bits per heavy atom. The smallest absolute Gasteiger partial charge is 0.0744 e. The number of rotatable bonds is 2. The lowest BCUT2D eigenvalue weighted by atomic mass is 9.86. The van der Waals surface area contributed by atoms with Crippen LogP contribution in [0.1, 0.15) is 19.8 Å². The Morgan fingerprint density at radius 2 is 1.64 bits per heavy atom. The fourth-order valence-electron chi connectivity index (χ4n) is 1.93. The van der Waals surface area contributed by atoms with Crippen molar-refractivity contribution in [1.29, 1.82) is 0 Å². The molecule has 0 aromatic heterocycles. The molecule has 0 unspecified atom stereocenters. The minimum atomic E-state index is -0.608. The van der Waals surface area contributed by atoms with Gasteiger partial charge in [0, 0.05) is 11.8 Å². The molecule has 0 spiro atoms. The summed E-state index contributed by atoms with van der Waals surface area (Å²) in [6, 6.07) is 0. The van der Waals surface area contributed by atoms with Gasteiger partial charge < -0.3 is 5.11 Å². The highest BCUT2D eigenvalue weighted by atomic mass is 16.3. The molecule has 0 saturated heterocycles. The van der Waals surface area contributed by atoms with Crippen molar-refractivity contribution in [2.45, 2.75) is 25.4 Å². The molecule has 0 amide bonds. The van der Waals surface area contributed by atoms with Crippen LogP contribution in [0.25, 0.3) is 0 Å². The van der Waals surface area contributed by atoms with E-state index in [1.807, 2.05) is 19.1 Å². The standard InChI is InChI=1S/C10H16O/c1-4-8-6-7-9(5-2)10(8,3)11/h4-5,8-9,11H,1-2,6-7H2,3H3/t8-,9-/m0/s1. The molecule has 1 rings (SSSR count). The van der Waals surface area contributed by atoms with Crippen molar-refractivity contribution in [3.8, 4) is 0 Å². The number of hydrogen-bond acceptors (Lipinski definition) is 1. The largest absolute Gasteiger partial charge is 0.389 e. The van der Waals surface area contributed by atoms with Crippen LogP contribution in [0.3, 0.4) is 0 Å². The first kappa shape index (κ1) is 8.54. The van der Waals surface area contributed by atoms with Gasteiger partial charge in [-0.1, -0.05) is 12.2 Å². The van der Waals surface area contributed by atoms with Gasteiger partial charge >= 0.3 is 0 Å². The van der Waals surface area contributed by atoms with Gasteiger partial charge in [0.2, 0.25) is 0 Å². The van der Waals surface area contributed by atoms with E-state index in [2.05, 4.69) is 13.2 Å². The molecule has 0 heterocycles. The summed E-state index contributed by atoms with van der Waals surface area (Å²) in [5.74, 6) is 0.482. The van der Waals surface area contributed by atoms with E-state index in [1.54, 1.807) is 0 Å². The van der Waals surface area contributed by atoms with E-state index in [-0.39, 0.29) is 11.8 Å². The molecule has 1 aliphatic carbocycles. The highest BCUT2D eigenvalue weighted by molar-refractivity contribution is 5.07. The van der Waals surface area contributed by atoms with E-state index in [0.29, 0.717) is 0 Å². The van der Waals surface area contributed by atoms with Crippen molar-refractivity contribution < 1.29 is 5.11 Å². The molecule has 1 saturated carbocycles. The molecule has 1 heteroatoms. The molecule has 2 atom stereocenters. The van der Waals surface area contributed by atoms with Crippen molar-refractivity contribution >= 4 is 0 Å². The quantitative estimate of drug-likeness (QED) is 0.601. The van der Waals surface area contributed by atoms with Gasteiger partial charge in [0.05, 0.1) is 5.60 Å². The van der Waals surface area contributed by atoms with Crippen molar-refractivity contribution in [2.24, 2.45) is 11.8 Å². The van der Waals surface area contributed by atoms with Gasteiger partial charge in [-0.2, -0.15) is 0 Å². The van der Waals surface area contributed by atoms with Gasteiger partial charge in [0.25, 0.3) is 0 Å². The van der Waals surface area contributed by atoms with Crippen LogP contribution >= 0.6 is 0 Å². The van der Waals surface area contributed by atoms with Gasteiger partial charge in [0.1, 0.15) is 0 Å². The molecule has 1 fully saturated rings. The highest BCUT2D eigenvalue weighted by Gasteiger charge is 2.41. The Kier molecular flexibility index (Phi) is 2.19. The summed E-state index contributed by atoms with van der Waals surface area (Å²) in [4.78, 5) is 0. The molecular formula is C10H16O. The average Bonchev–Trinajstić information content (AvgIpc) is 2.24. The topological polar surface area (TPSA) is 20.2 Å². The third-order valence-corrected chi connectivity index (χ3v) is 2.86. The van der Waals surface area contributed by atoms with Crippen LogP contribution in [-0.4, -0.2) is 10.7 Å². The molecule has 0 aliphatic heterocycles. The Bertz CT molecular complexity index is 152. The second-order valence-electron chi connectivity index (χ2n) is 3.49. The molecule has 1 N–H and O–H groups in total. The summed E-state index contributed by atoms with van der Waals surface area (Å²) in [6.45, 7) is 9.30. The first-order valence-corrected chi connectivity index (χ1v) is 4.10. The fraction of sp³-hybridized carbons (Fsp3) is 0.600. The maximum absolute atomic E-state index is 9.97. The van der Waals surface area contributed by atoms with E-state index in [0.717, 1.165) is 12.8 Å². The first-order chi connectivity index (χ1) is 5.12. The lowest BCUT2D eigenvalue weighted by Gasteiger charge is -2.27. The lowest BCUT2D eigenvalue weighted by molar-refractivity contribution is 0.0123. The van der Waals surface area contributed by atoms with E-state index < -0.39 is 5.60 Å². The summed E-state index contributed by atoms with van der Waals surface area (Å²) in [7, 11) is 0. The second kappa shape index (κ2) is 2.82. The van der Waals surface area contributed by atoms with Gasteiger partial charge in [-0.15, -0.1) is 13.2 Å². The maximum atomic E-state index is 9.97. The van der Waals surface area contributed by atoms with Crippen LogP contribution in [0.5, 0.6) is 0 Å². The van der Waals surface area contributed by atoms with Gasteiger partial charge in [0.15, 0.2) is 0 Å². The highest BCUT2D eigenvalue weighted by Crippen LogP contribution is 2.41. The summed E-state index contributed by atoms with van der Waals surface area (Å²) in [6.07, 6.45) is 5.77. The Hall–Kier alpha value is -0.560. The van der Waals surface area contributed by atoms with Gasteiger partial charge in [-0.25, -0.2) is 0 Å². The SMILES string of the molecule is C=C[C@H]1CC[C@H](C=C)C1(C)O. The monoisotopic (exact) mass is 152 g/mol. The van der Waals surface area contributed by atoms with Gasteiger partial charge in [-0.05, 0) is 19.8 Å². The van der Waals surface area contributed by atoms with Crippen molar-refractivity contribution in [2.75, 3.05) is 0 Å². The molecule has 0 aromatic rings. The molecule has 0 aromatic carbocycles. The first-order valence-electron chi connectivity index (χ1n) is 4.10. The minimum Gasteiger partial charge on any atom is -0.389 e. The number of aliphatic hydroxyl groups is 1. The maximum Gasteiger partial charge on any atom is 0.0744 e. The molecule has 11 heavy (non-hydrogen) atoms. The van der Waals surface area contributed by atoms with Crippen LogP contribution in [0.2, 0.25) is 0 Å². The van der Waals surface area contributed by atoms with Gasteiger partial charge in [-0.3, -0.25) is 0 Å². The van der Waals surface area contributed by atoms with E-state index in [1.165, 1.54) is 0 Å². The van der Waals surface area contributed by atoms with Crippen LogP contribution in [0, 0.1) is 11.8 Å². The molecular weight excluding hydrogens is 136 g/mol. The zero-order valence-corrected chi connectivity index (χ0v) is 7.09. The summed E-state index contributed by atoms with van der Waals surface area (Å²) in [5.41, 5.74) is -0.608. The zero-order valence-electron chi connectivity index (χ0n) is 7.09. The summed E-state index contributed by atoms with van der Waals surface area (Å²) < 4.78 is 0. The molecule has 0 bridgehead atoms. The second-order valence-corrected chi connectivity index (χ2v) is 3.49. The van der Waals surface area contributed by atoms with Crippen LogP contribution in [0.15, 0.2) is 25.3 Å². The van der Waals surface area contributed by atoms with E-state index >= 15 is 0 Å². The molecule has 62 valence electrons. The third-order valence-electron chi connectivity index (χ3n) is 2.86. The predicted octanol–water partition coefficient (Wildman–Crippen LogP) is 2.14. The Labute approximate surface area is 68.4 Å². The van der Waals surface area contributed by atoms with Crippen molar-refractivity contribution in [3.05, 3.63) is 25.3 Å². The molecule has 0 radical (unpaired) electrons. The number of hydrogen-bond donors (Lipinski definition) is 1. The Morgan fingerprint density at radius 1 is 1.27 bits per heavy atom. The van der Waals surface area contributed by atoms with Crippen LogP contribution in [0.4, 0.5) is 0 Å². The summed E-state index contributed by atoms with van der Waals surface area (Å²) in [5, 5.41) is 9.97. The minimum absolute atomic E-state index is 0.241. The van der Waals surface area contributed by atoms with E-state index in [9.17, 15) is 5.11 Å². The normalized spacial score (nSPS) is 35.1. The molecule has 1 nitrogen and oxygen atoms in total. The lowest BCUT2D eigenvalue weighted by Crippen LogP contribution is -2.34. The van der Waals surface area contributed by atoms with Crippen molar-refractivity contribution in [3.63, 3.8) is 0 Å². The predicted molar refractivity (Wildman–Crippen MR) is 47.2 cm³/mol. The van der Waals surface area contributed by atoms with Crippen LogP contribution in [-0.2, 0) is 0 Å². The zero-order chi connectivity index (χ0) is 8.48. The van der Waals surface area contributed by atoms with Crippen molar-refractivity contribution in [1.82, 2.24) is 0 Å². The average molecular weight is 152 g/mol. The Balaban J connectivity index is 2.79. The van der Waals surface area contributed by atoms with Crippen LogP contribution < -0.4 is 0 Å². The summed E-state index contributed by atoms with van der Waals surface area (Å²) >= 11 is 0. The van der Waals surface area contributed by atoms with E-state index in [4.69, 9.17) is 0 Å².